The zero-order chi connectivity index (χ0) is 22.5. The minimum Gasteiger partial charge on any atom is -0.462 e. The van der Waals surface area contributed by atoms with Gasteiger partial charge >= 0.3 is 5.97 Å². The van der Waals surface area contributed by atoms with Crippen molar-refractivity contribution in [2.75, 3.05) is 37.7 Å². The van der Waals surface area contributed by atoms with Gasteiger partial charge in [-0.1, -0.05) is 6.07 Å². The number of hydrogen-bond acceptors (Lipinski definition) is 7. The van der Waals surface area contributed by atoms with E-state index in [1.165, 1.54) is 23.1 Å². The molecule has 0 aromatic heterocycles. The number of amides is 1. The van der Waals surface area contributed by atoms with Crippen molar-refractivity contribution in [2.45, 2.75) is 6.92 Å². The highest BCUT2D eigenvalue weighted by molar-refractivity contribution is 5.99. The Labute approximate surface area is 177 Å². The van der Waals surface area contributed by atoms with E-state index in [1.807, 2.05) is 11.0 Å². The summed E-state index contributed by atoms with van der Waals surface area (Å²) < 4.78 is 18.8. The SMILES string of the molecule is CCOC(=O)c1cc(C(=O)N2CCN(c3cccc(F)c3C#N)CC2)cc([N+](=O)[O-])c1. The number of esters is 1. The lowest BCUT2D eigenvalue weighted by atomic mass is 10.1. The molecule has 1 aliphatic heterocycles. The second-order valence-corrected chi connectivity index (χ2v) is 6.77. The van der Waals surface area contributed by atoms with Crippen LogP contribution in [0.3, 0.4) is 0 Å². The van der Waals surface area contributed by atoms with Crippen molar-refractivity contribution in [1.29, 1.82) is 5.26 Å². The number of nitriles is 1. The highest BCUT2D eigenvalue weighted by Gasteiger charge is 2.26. The molecule has 31 heavy (non-hydrogen) atoms. The van der Waals surface area contributed by atoms with Crippen LogP contribution in [0.5, 0.6) is 0 Å². The fourth-order valence-corrected chi connectivity index (χ4v) is 3.39. The summed E-state index contributed by atoms with van der Waals surface area (Å²) in [5.41, 5.74) is -0.0498. The Balaban J connectivity index is 1.79. The number of nitrogens with zero attached hydrogens (tertiary/aromatic N) is 4. The average molecular weight is 426 g/mol. The van der Waals surface area contributed by atoms with E-state index in [0.717, 1.165) is 12.1 Å². The van der Waals surface area contributed by atoms with Gasteiger partial charge in [-0.25, -0.2) is 9.18 Å². The van der Waals surface area contributed by atoms with Crippen molar-refractivity contribution in [2.24, 2.45) is 0 Å². The predicted octanol–water partition coefficient (Wildman–Crippen LogP) is 2.74. The second-order valence-electron chi connectivity index (χ2n) is 6.77. The van der Waals surface area contributed by atoms with E-state index < -0.39 is 22.6 Å². The Kier molecular flexibility index (Phi) is 6.45. The summed E-state index contributed by atoms with van der Waals surface area (Å²) in [6, 6.07) is 9.70. The molecule has 1 amide bonds. The number of carbonyl (C=O) groups excluding carboxylic acids is 2. The smallest absolute Gasteiger partial charge is 0.338 e. The average Bonchev–Trinajstić information content (AvgIpc) is 2.78. The number of hydrogen-bond donors (Lipinski definition) is 0. The third-order valence-electron chi connectivity index (χ3n) is 4.90. The van der Waals surface area contributed by atoms with Crippen molar-refractivity contribution >= 4 is 23.3 Å². The lowest BCUT2D eigenvalue weighted by Gasteiger charge is -2.36. The van der Waals surface area contributed by atoms with E-state index in [4.69, 9.17) is 4.74 Å². The maximum absolute atomic E-state index is 13.9. The van der Waals surface area contributed by atoms with Crippen LogP contribution in [0.1, 0.15) is 33.2 Å². The Bertz CT molecular complexity index is 1070. The molecule has 0 atom stereocenters. The van der Waals surface area contributed by atoms with Gasteiger partial charge in [0.2, 0.25) is 0 Å². The fraction of sp³-hybridized carbons (Fsp3) is 0.286. The van der Waals surface area contributed by atoms with E-state index in [0.29, 0.717) is 18.8 Å². The molecule has 0 spiro atoms. The molecule has 0 bridgehead atoms. The third kappa shape index (κ3) is 4.61. The van der Waals surface area contributed by atoms with Crippen LogP contribution in [0.2, 0.25) is 0 Å². The van der Waals surface area contributed by atoms with Crippen LogP contribution < -0.4 is 4.90 Å². The molecule has 2 aromatic carbocycles. The summed E-state index contributed by atoms with van der Waals surface area (Å²) in [6.45, 7) is 2.93. The summed E-state index contributed by atoms with van der Waals surface area (Å²) in [4.78, 5) is 38.8. The number of rotatable bonds is 5. The van der Waals surface area contributed by atoms with Gasteiger partial charge in [0.25, 0.3) is 11.6 Å². The molecule has 160 valence electrons. The molecule has 9 nitrogen and oxygen atoms in total. The molecule has 0 saturated carbocycles. The second kappa shape index (κ2) is 9.21. The van der Waals surface area contributed by atoms with Crippen LogP contribution in [-0.2, 0) is 4.74 Å². The van der Waals surface area contributed by atoms with Crippen molar-refractivity contribution in [1.82, 2.24) is 4.90 Å². The minimum absolute atomic E-state index is 0.00849. The van der Waals surface area contributed by atoms with Crippen molar-refractivity contribution in [3.05, 3.63) is 69.0 Å². The van der Waals surface area contributed by atoms with Gasteiger partial charge in [0.1, 0.15) is 17.4 Å². The molecule has 10 heteroatoms. The Morgan fingerprint density at radius 1 is 1.19 bits per heavy atom. The number of halogens is 1. The Morgan fingerprint density at radius 3 is 2.48 bits per heavy atom. The van der Waals surface area contributed by atoms with Gasteiger partial charge in [0.15, 0.2) is 0 Å². The lowest BCUT2D eigenvalue weighted by molar-refractivity contribution is -0.384. The van der Waals surface area contributed by atoms with Crippen LogP contribution in [-0.4, -0.2) is 54.5 Å². The molecule has 0 N–H and O–H groups in total. The summed E-state index contributed by atoms with van der Waals surface area (Å²) in [6.07, 6.45) is 0. The molecule has 1 saturated heterocycles. The highest BCUT2D eigenvalue weighted by atomic mass is 19.1. The summed E-state index contributed by atoms with van der Waals surface area (Å²) >= 11 is 0. The first-order valence-corrected chi connectivity index (χ1v) is 9.55. The summed E-state index contributed by atoms with van der Waals surface area (Å²) in [7, 11) is 0. The van der Waals surface area contributed by atoms with Gasteiger partial charge in [-0.2, -0.15) is 5.26 Å². The molecule has 1 heterocycles. The van der Waals surface area contributed by atoms with Gasteiger partial charge in [0.05, 0.1) is 22.8 Å². The number of ether oxygens (including phenoxy) is 1. The number of nitro groups is 1. The molecular formula is C21H19FN4O5. The topological polar surface area (TPSA) is 117 Å². The molecule has 1 aliphatic rings. The van der Waals surface area contributed by atoms with Gasteiger partial charge in [-0.05, 0) is 25.1 Å². The summed E-state index contributed by atoms with van der Waals surface area (Å²) in [5, 5.41) is 20.5. The zero-order valence-corrected chi connectivity index (χ0v) is 16.7. The van der Waals surface area contributed by atoms with Crippen molar-refractivity contribution in [3.63, 3.8) is 0 Å². The monoisotopic (exact) mass is 426 g/mol. The predicted molar refractivity (Wildman–Crippen MR) is 108 cm³/mol. The maximum atomic E-state index is 13.9. The lowest BCUT2D eigenvalue weighted by Crippen LogP contribution is -2.49. The van der Waals surface area contributed by atoms with Crippen LogP contribution >= 0.6 is 0 Å². The number of benzene rings is 2. The molecule has 1 fully saturated rings. The molecule has 0 unspecified atom stereocenters. The quantitative estimate of drug-likeness (QED) is 0.410. The Morgan fingerprint density at radius 2 is 1.87 bits per heavy atom. The number of non-ortho nitro benzene ring substituents is 1. The van der Waals surface area contributed by atoms with E-state index in [-0.39, 0.29) is 42.1 Å². The largest absolute Gasteiger partial charge is 0.462 e. The van der Waals surface area contributed by atoms with Gasteiger partial charge in [-0.3, -0.25) is 14.9 Å². The van der Waals surface area contributed by atoms with Crippen LogP contribution in [0.4, 0.5) is 15.8 Å². The van der Waals surface area contributed by atoms with Gasteiger partial charge in [0, 0.05) is 43.9 Å². The summed E-state index contributed by atoms with van der Waals surface area (Å²) in [5.74, 6) is -1.82. The number of nitro benzene ring substituents is 1. The molecule has 0 radical (unpaired) electrons. The third-order valence-corrected chi connectivity index (χ3v) is 4.90. The standard InChI is InChI=1S/C21H19FN4O5/c1-2-31-21(28)15-10-14(11-16(12-15)26(29)30)20(27)25-8-6-24(7-9-25)19-5-3-4-18(22)17(19)13-23/h3-5,10-12H,2,6-9H2,1H3. The van der Waals surface area contributed by atoms with Crippen LogP contribution in [0.25, 0.3) is 0 Å². The van der Waals surface area contributed by atoms with Crippen molar-refractivity contribution < 1.29 is 23.6 Å². The number of carbonyl (C=O) groups is 2. The van der Waals surface area contributed by atoms with Crippen molar-refractivity contribution in [3.8, 4) is 6.07 Å². The van der Waals surface area contributed by atoms with E-state index in [1.54, 1.807) is 13.0 Å². The molecule has 2 aromatic rings. The Hall–Kier alpha value is -4.00. The van der Waals surface area contributed by atoms with E-state index in [2.05, 4.69) is 0 Å². The highest BCUT2D eigenvalue weighted by Crippen LogP contribution is 2.25. The first-order chi connectivity index (χ1) is 14.8. The minimum atomic E-state index is -0.750. The number of anilines is 1. The number of piperazine rings is 1. The first kappa shape index (κ1) is 21.7. The molecular weight excluding hydrogens is 407 g/mol. The fourth-order valence-electron chi connectivity index (χ4n) is 3.39. The maximum Gasteiger partial charge on any atom is 0.338 e. The van der Waals surface area contributed by atoms with Gasteiger partial charge in [-0.15, -0.1) is 0 Å². The molecule has 0 aliphatic carbocycles. The van der Waals surface area contributed by atoms with E-state index in [9.17, 15) is 29.4 Å². The zero-order valence-electron chi connectivity index (χ0n) is 16.7. The first-order valence-electron chi connectivity index (χ1n) is 9.55. The molecule has 3 rings (SSSR count). The van der Waals surface area contributed by atoms with Crippen LogP contribution in [0.15, 0.2) is 36.4 Å². The van der Waals surface area contributed by atoms with E-state index >= 15 is 0 Å². The van der Waals surface area contributed by atoms with Gasteiger partial charge < -0.3 is 14.5 Å². The van der Waals surface area contributed by atoms with Crippen LogP contribution in [0, 0.1) is 27.3 Å². The normalized spacial score (nSPS) is 13.5.